The van der Waals surface area contributed by atoms with Gasteiger partial charge in [-0.1, -0.05) is 18.2 Å². The van der Waals surface area contributed by atoms with E-state index in [0.717, 1.165) is 6.07 Å². The molecule has 1 saturated heterocycles. The lowest BCUT2D eigenvalue weighted by atomic mass is 9.93. The Balaban J connectivity index is 2.28. The minimum Gasteiger partial charge on any atom is -0.481 e. The molecule has 0 saturated carbocycles. The number of halogens is 3. The molecule has 1 aromatic rings. The highest BCUT2D eigenvalue weighted by Gasteiger charge is 2.37. The molecule has 0 spiro atoms. The second-order valence-corrected chi connectivity index (χ2v) is 4.89. The average molecular weight is 303 g/mol. The predicted molar refractivity (Wildman–Crippen MR) is 69.1 cm³/mol. The van der Waals surface area contributed by atoms with Gasteiger partial charge in [0.15, 0.2) is 0 Å². The molecule has 0 amide bonds. The minimum atomic E-state index is -4.56. The number of benzene rings is 1. The third-order valence-electron chi connectivity index (χ3n) is 3.48. The molecule has 1 aromatic carbocycles. The summed E-state index contributed by atoms with van der Waals surface area (Å²) in [5.74, 6) is -2.46. The van der Waals surface area contributed by atoms with Gasteiger partial charge in [0.25, 0.3) is 0 Å². The van der Waals surface area contributed by atoms with Crippen LogP contribution in [0, 0.1) is 0 Å². The van der Waals surface area contributed by atoms with Crippen molar-refractivity contribution in [1.82, 2.24) is 4.90 Å². The number of morpholine rings is 1. The van der Waals surface area contributed by atoms with Gasteiger partial charge in [-0.15, -0.1) is 0 Å². The monoisotopic (exact) mass is 303 g/mol. The molecule has 1 unspecified atom stereocenters. The topological polar surface area (TPSA) is 49.8 Å². The molecule has 4 nitrogen and oxygen atoms in total. The Bertz CT molecular complexity index is 498. The SMILES string of the molecule is O=C(O)C(CN1CCOCC1)c1ccccc1C(F)(F)F. The summed E-state index contributed by atoms with van der Waals surface area (Å²) in [5, 5.41) is 9.32. The van der Waals surface area contributed by atoms with Crippen LogP contribution in [0.25, 0.3) is 0 Å². The van der Waals surface area contributed by atoms with Crippen LogP contribution in [0.4, 0.5) is 13.2 Å². The number of hydrogen-bond donors (Lipinski definition) is 1. The molecule has 0 aromatic heterocycles. The summed E-state index contributed by atoms with van der Waals surface area (Å²) >= 11 is 0. The fourth-order valence-electron chi connectivity index (χ4n) is 2.41. The van der Waals surface area contributed by atoms with Crippen molar-refractivity contribution < 1.29 is 27.8 Å². The maximum atomic E-state index is 13.0. The fraction of sp³-hybridized carbons (Fsp3) is 0.500. The molecule has 0 aliphatic carbocycles. The summed E-state index contributed by atoms with van der Waals surface area (Å²) in [6, 6.07) is 4.85. The summed E-state index contributed by atoms with van der Waals surface area (Å²) in [4.78, 5) is 13.2. The van der Waals surface area contributed by atoms with E-state index in [-0.39, 0.29) is 12.1 Å². The van der Waals surface area contributed by atoms with Crippen LogP contribution < -0.4 is 0 Å². The molecule has 1 atom stereocenters. The molecule has 7 heteroatoms. The van der Waals surface area contributed by atoms with E-state index in [1.807, 2.05) is 4.90 Å². The lowest BCUT2D eigenvalue weighted by Crippen LogP contribution is -2.40. The van der Waals surface area contributed by atoms with Crippen LogP contribution in [0.1, 0.15) is 17.0 Å². The second kappa shape index (κ2) is 6.44. The van der Waals surface area contributed by atoms with Gasteiger partial charge >= 0.3 is 12.1 Å². The number of nitrogens with zero attached hydrogens (tertiary/aromatic N) is 1. The van der Waals surface area contributed by atoms with Crippen LogP contribution in [0.15, 0.2) is 24.3 Å². The predicted octanol–water partition coefficient (Wildman–Crippen LogP) is 2.21. The quantitative estimate of drug-likeness (QED) is 0.926. The van der Waals surface area contributed by atoms with E-state index >= 15 is 0 Å². The van der Waals surface area contributed by atoms with Crippen molar-refractivity contribution in [3.05, 3.63) is 35.4 Å². The number of carboxylic acid groups (broad SMARTS) is 1. The van der Waals surface area contributed by atoms with Crippen molar-refractivity contribution in [3.63, 3.8) is 0 Å². The van der Waals surface area contributed by atoms with E-state index in [4.69, 9.17) is 4.74 Å². The molecule has 21 heavy (non-hydrogen) atoms. The van der Waals surface area contributed by atoms with Crippen molar-refractivity contribution in [2.75, 3.05) is 32.8 Å². The summed E-state index contributed by atoms with van der Waals surface area (Å²) in [6.07, 6.45) is -4.56. The van der Waals surface area contributed by atoms with Crippen molar-refractivity contribution in [3.8, 4) is 0 Å². The number of rotatable bonds is 4. The van der Waals surface area contributed by atoms with Crippen LogP contribution in [-0.2, 0) is 15.7 Å². The number of alkyl halides is 3. The summed E-state index contributed by atoms with van der Waals surface area (Å²) in [7, 11) is 0. The first-order chi connectivity index (χ1) is 9.89. The smallest absolute Gasteiger partial charge is 0.416 e. The zero-order valence-corrected chi connectivity index (χ0v) is 11.3. The van der Waals surface area contributed by atoms with Crippen LogP contribution >= 0.6 is 0 Å². The molecule has 116 valence electrons. The van der Waals surface area contributed by atoms with E-state index in [0.29, 0.717) is 26.3 Å². The largest absolute Gasteiger partial charge is 0.481 e. The van der Waals surface area contributed by atoms with Crippen molar-refractivity contribution in [1.29, 1.82) is 0 Å². The molecule has 1 N–H and O–H groups in total. The molecule has 0 bridgehead atoms. The third kappa shape index (κ3) is 3.95. The number of aliphatic carboxylic acids is 1. The van der Waals surface area contributed by atoms with Gasteiger partial charge in [-0.2, -0.15) is 13.2 Å². The minimum absolute atomic E-state index is 0.0474. The maximum absolute atomic E-state index is 13.0. The zero-order chi connectivity index (χ0) is 15.5. The van der Waals surface area contributed by atoms with E-state index < -0.39 is 23.6 Å². The highest BCUT2D eigenvalue weighted by molar-refractivity contribution is 5.77. The lowest BCUT2D eigenvalue weighted by Gasteiger charge is -2.29. The molecule has 1 aliphatic heterocycles. The van der Waals surface area contributed by atoms with E-state index in [1.165, 1.54) is 18.2 Å². The Morgan fingerprint density at radius 3 is 2.48 bits per heavy atom. The van der Waals surface area contributed by atoms with Crippen LogP contribution in [0.3, 0.4) is 0 Å². The Kier molecular flexibility index (Phi) is 4.84. The number of ether oxygens (including phenoxy) is 1. The standard InChI is InChI=1S/C14H16F3NO3/c15-14(16,17)12-4-2-1-3-10(12)11(13(19)20)9-18-5-7-21-8-6-18/h1-4,11H,5-9H2,(H,19,20). The van der Waals surface area contributed by atoms with Crippen LogP contribution in [0.2, 0.25) is 0 Å². The summed E-state index contributed by atoms with van der Waals surface area (Å²) < 4.78 is 44.2. The van der Waals surface area contributed by atoms with Gasteiger partial charge in [-0.3, -0.25) is 9.69 Å². The van der Waals surface area contributed by atoms with Gasteiger partial charge in [0, 0.05) is 19.6 Å². The molecule has 0 radical (unpaired) electrons. The van der Waals surface area contributed by atoms with Gasteiger partial charge in [-0.25, -0.2) is 0 Å². The first kappa shape index (κ1) is 15.8. The van der Waals surface area contributed by atoms with Crippen molar-refractivity contribution >= 4 is 5.97 Å². The molecular formula is C14H16F3NO3. The van der Waals surface area contributed by atoms with Crippen molar-refractivity contribution in [2.24, 2.45) is 0 Å². The number of carboxylic acids is 1. The Labute approximate surface area is 120 Å². The number of hydrogen-bond acceptors (Lipinski definition) is 3. The highest BCUT2D eigenvalue weighted by Crippen LogP contribution is 2.35. The van der Waals surface area contributed by atoms with Gasteiger partial charge in [0.1, 0.15) is 0 Å². The molecule has 1 aliphatic rings. The molecule has 1 heterocycles. The first-order valence-electron chi connectivity index (χ1n) is 6.58. The Hall–Kier alpha value is -1.60. The number of carbonyl (C=O) groups is 1. The van der Waals surface area contributed by atoms with Crippen LogP contribution in [-0.4, -0.2) is 48.8 Å². The molecular weight excluding hydrogens is 287 g/mol. The van der Waals surface area contributed by atoms with Crippen molar-refractivity contribution in [2.45, 2.75) is 12.1 Å². The van der Waals surface area contributed by atoms with Crippen LogP contribution in [0.5, 0.6) is 0 Å². The highest BCUT2D eigenvalue weighted by atomic mass is 19.4. The fourth-order valence-corrected chi connectivity index (χ4v) is 2.41. The van der Waals surface area contributed by atoms with Gasteiger partial charge in [0.05, 0.1) is 24.7 Å². The Morgan fingerprint density at radius 2 is 1.90 bits per heavy atom. The molecule has 2 rings (SSSR count). The average Bonchev–Trinajstić information content (AvgIpc) is 2.45. The summed E-state index contributed by atoms with van der Waals surface area (Å²) in [5.41, 5.74) is -1.07. The molecule has 1 fully saturated rings. The normalized spacial score (nSPS) is 18.4. The lowest BCUT2D eigenvalue weighted by molar-refractivity contribution is -0.142. The summed E-state index contributed by atoms with van der Waals surface area (Å²) in [6.45, 7) is 2.03. The first-order valence-corrected chi connectivity index (χ1v) is 6.58. The van der Waals surface area contributed by atoms with E-state index in [1.54, 1.807) is 0 Å². The van der Waals surface area contributed by atoms with E-state index in [9.17, 15) is 23.1 Å². The Morgan fingerprint density at radius 1 is 1.29 bits per heavy atom. The van der Waals surface area contributed by atoms with Gasteiger partial charge in [-0.05, 0) is 11.6 Å². The van der Waals surface area contributed by atoms with E-state index in [2.05, 4.69) is 0 Å². The maximum Gasteiger partial charge on any atom is 0.416 e. The second-order valence-electron chi connectivity index (χ2n) is 4.89. The van der Waals surface area contributed by atoms with Gasteiger partial charge < -0.3 is 9.84 Å². The third-order valence-corrected chi connectivity index (χ3v) is 3.48. The zero-order valence-electron chi connectivity index (χ0n) is 11.3. The van der Waals surface area contributed by atoms with Gasteiger partial charge in [0.2, 0.25) is 0 Å².